The van der Waals surface area contributed by atoms with Crippen LogP contribution in [0.1, 0.15) is 26.3 Å². The van der Waals surface area contributed by atoms with Crippen molar-refractivity contribution in [1.82, 2.24) is 5.43 Å². The average molecular weight is 498 g/mol. The Labute approximate surface area is 190 Å². The molecule has 3 aromatic rings. The summed E-state index contributed by atoms with van der Waals surface area (Å²) in [7, 11) is 1.47. The normalized spacial score (nSPS) is 10.6. The van der Waals surface area contributed by atoms with Crippen molar-refractivity contribution in [3.63, 3.8) is 0 Å². The third-order valence-electron chi connectivity index (χ3n) is 4.17. The highest BCUT2D eigenvalue weighted by molar-refractivity contribution is 9.10. The Hall–Kier alpha value is -4.05. The summed E-state index contributed by atoms with van der Waals surface area (Å²) in [5, 5.41) is 14.8. The molecule has 162 valence electrons. The van der Waals surface area contributed by atoms with Crippen molar-refractivity contribution in [1.29, 1.82) is 0 Å². The van der Waals surface area contributed by atoms with E-state index in [9.17, 15) is 19.7 Å². The number of ether oxygens (including phenoxy) is 2. The van der Waals surface area contributed by atoms with Crippen LogP contribution in [0.3, 0.4) is 0 Å². The van der Waals surface area contributed by atoms with E-state index >= 15 is 0 Å². The van der Waals surface area contributed by atoms with Gasteiger partial charge in [-0.1, -0.05) is 22.0 Å². The molecule has 9 nitrogen and oxygen atoms in total. The van der Waals surface area contributed by atoms with Gasteiger partial charge in [-0.3, -0.25) is 14.9 Å². The summed E-state index contributed by atoms with van der Waals surface area (Å²) in [5.41, 5.74) is 3.25. The van der Waals surface area contributed by atoms with E-state index in [0.29, 0.717) is 16.9 Å². The zero-order valence-electron chi connectivity index (χ0n) is 16.7. The highest BCUT2D eigenvalue weighted by Crippen LogP contribution is 2.23. The number of nitrogens with one attached hydrogen (secondary N) is 1. The topological polar surface area (TPSA) is 120 Å². The summed E-state index contributed by atoms with van der Waals surface area (Å²) < 4.78 is 11.1. The quantitative estimate of drug-likeness (QED) is 0.170. The Morgan fingerprint density at radius 2 is 1.84 bits per heavy atom. The predicted molar refractivity (Wildman–Crippen MR) is 120 cm³/mol. The monoisotopic (exact) mass is 497 g/mol. The standard InChI is InChI=1S/C22H16BrN3O6/c1-31-20-10-7-16(23)12-19(20)21(27)25-24-13-14-5-8-18(9-6-14)32-22(28)15-3-2-4-17(11-15)26(29)30/h2-13H,1H3,(H,25,27). The van der Waals surface area contributed by atoms with Crippen LogP contribution in [-0.2, 0) is 0 Å². The molecule has 0 saturated carbocycles. The minimum atomic E-state index is -0.717. The molecule has 32 heavy (non-hydrogen) atoms. The largest absolute Gasteiger partial charge is 0.496 e. The molecule has 0 atom stereocenters. The smallest absolute Gasteiger partial charge is 0.343 e. The van der Waals surface area contributed by atoms with E-state index in [1.54, 1.807) is 30.3 Å². The van der Waals surface area contributed by atoms with Crippen molar-refractivity contribution in [2.75, 3.05) is 7.11 Å². The van der Waals surface area contributed by atoms with Crippen molar-refractivity contribution in [2.24, 2.45) is 5.10 Å². The van der Waals surface area contributed by atoms with Gasteiger partial charge in [-0.25, -0.2) is 10.2 Å². The number of nitro groups is 1. The number of non-ortho nitro benzene ring substituents is 1. The van der Waals surface area contributed by atoms with E-state index in [-0.39, 0.29) is 17.0 Å². The molecule has 3 rings (SSSR count). The van der Waals surface area contributed by atoms with E-state index in [1.165, 1.54) is 43.7 Å². The molecule has 0 heterocycles. The molecule has 0 aliphatic rings. The Balaban J connectivity index is 1.61. The van der Waals surface area contributed by atoms with Gasteiger partial charge in [-0.2, -0.15) is 5.10 Å². The Morgan fingerprint density at radius 1 is 1.09 bits per heavy atom. The molecule has 1 amide bonds. The number of esters is 1. The van der Waals surface area contributed by atoms with Gasteiger partial charge in [0.25, 0.3) is 11.6 Å². The number of methoxy groups -OCH3 is 1. The fraction of sp³-hybridized carbons (Fsp3) is 0.0455. The number of benzene rings is 3. The molecule has 0 bridgehead atoms. The highest BCUT2D eigenvalue weighted by Gasteiger charge is 2.14. The lowest BCUT2D eigenvalue weighted by atomic mass is 10.2. The number of hydrogen-bond donors (Lipinski definition) is 1. The minimum Gasteiger partial charge on any atom is -0.496 e. The van der Waals surface area contributed by atoms with Gasteiger partial charge in [0.15, 0.2) is 0 Å². The van der Waals surface area contributed by atoms with E-state index in [2.05, 4.69) is 26.5 Å². The number of hydrogen-bond acceptors (Lipinski definition) is 7. The molecule has 0 spiro atoms. The van der Waals surface area contributed by atoms with Gasteiger partial charge >= 0.3 is 5.97 Å². The molecule has 0 aliphatic heterocycles. The van der Waals surface area contributed by atoms with Gasteiger partial charge in [-0.15, -0.1) is 0 Å². The van der Waals surface area contributed by atoms with Crippen LogP contribution in [0.15, 0.2) is 76.3 Å². The third-order valence-corrected chi connectivity index (χ3v) is 4.66. The maximum atomic E-state index is 12.3. The molecule has 3 aromatic carbocycles. The minimum absolute atomic E-state index is 0.0653. The number of nitrogens with zero attached hydrogens (tertiary/aromatic N) is 2. The molecule has 0 saturated heterocycles. The zero-order chi connectivity index (χ0) is 23.1. The molecule has 10 heteroatoms. The SMILES string of the molecule is COc1ccc(Br)cc1C(=O)NN=Cc1ccc(OC(=O)c2cccc([N+](=O)[O-])c2)cc1. The summed E-state index contributed by atoms with van der Waals surface area (Å²) in [6.45, 7) is 0. The summed E-state index contributed by atoms with van der Waals surface area (Å²) in [6.07, 6.45) is 1.43. The molecular formula is C22H16BrN3O6. The lowest BCUT2D eigenvalue weighted by molar-refractivity contribution is -0.384. The molecule has 0 unspecified atom stereocenters. The fourth-order valence-corrected chi connectivity index (χ4v) is 2.98. The first-order chi connectivity index (χ1) is 15.4. The van der Waals surface area contributed by atoms with Gasteiger partial charge in [0.2, 0.25) is 0 Å². The number of amides is 1. The Morgan fingerprint density at radius 3 is 2.53 bits per heavy atom. The van der Waals surface area contributed by atoms with Crippen molar-refractivity contribution in [3.8, 4) is 11.5 Å². The van der Waals surface area contributed by atoms with Gasteiger partial charge in [0.05, 0.1) is 29.4 Å². The Bertz CT molecular complexity index is 1190. The van der Waals surface area contributed by atoms with E-state index in [4.69, 9.17) is 9.47 Å². The van der Waals surface area contributed by atoms with Crippen LogP contribution in [0, 0.1) is 10.1 Å². The van der Waals surface area contributed by atoms with E-state index in [1.807, 2.05) is 0 Å². The first kappa shape index (κ1) is 22.6. The molecule has 1 N–H and O–H groups in total. The van der Waals surface area contributed by atoms with Crippen molar-refractivity contribution in [3.05, 3.63) is 98.0 Å². The number of hydrazone groups is 1. The van der Waals surface area contributed by atoms with Crippen LogP contribution in [0.5, 0.6) is 11.5 Å². The predicted octanol–water partition coefficient (Wildman–Crippen LogP) is 4.35. The summed E-state index contributed by atoms with van der Waals surface area (Å²) in [4.78, 5) is 34.8. The van der Waals surface area contributed by atoms with Crippen molar-refractivity contribution < 1.29 is 24.0 Å². The van der Waals surface area contributed by atoms with E-state index < -0.39 is 16.8 Å². The second-order valence-electron chi connectivity index (χ2n) is 6.31. The van der Waals surface area contributed by atoms with Crippen LogP contribution in [0.4, 0.5) is 5.69 Å². The Kier molecular flexibility index (Phi) is 7.29. The summed E-state index contributed by atoms with van der Waals surface area (Å²) >= 11 is 3.31. The molecule has 0 aliphatic carbocycles. The number of carbonyl (C=O) groups is 2. The zero-order valence-corrected chi connectivity index (χ0v) is 18.2. The second-order valence-corrected chi connectivity index (χ2v) is 7.23. The lowest BCUT2D eigenvalue weighted by Crippen LogP contribution is -2.18. The van der Waals surface area contributed by atoms with Crippen LogP contribution in [0.25, 0.3) is 0 Å². The van der Waals surface area contributed by atoms with Gasteiger partial charge in [0.1, 0.15) is 11.5 Å². The second kappa shape index (κ2) is 10.3. The number of carbonyl (C=O) groups excluding carboxylic acids is 2. The summed E-state index contributed by atoms with van der Waals surface area (Å²) in [6, 6.07) is 16.6. The number of halogens is 1. The highest BCUT2D eigenvalue weighted by atomic mass is 79.9. The van der Waals surface area contributed by atoms with Gasteiger partial charge in [-0.05, 0) is 54.1 Å². The van der Waals surface area contributed by atoms with Gasteiger partial charge in [0, 0.05) is 16.6 Å². The molecular weight excluding hydrogens is 482 g/mol. The first-order valence-electron chi connectivity index (χ1n) is 9.11. The van der Waals surface area contributed by atoms with Crippen molar-refractivity contribution in [2.45, 2.75) is 0 Å². The first-order valence-corrected chi connectivity index (χ1v) is 9.90. The molecule has 0 fully saturated rings. The third kappa shape index (κ3) is 5.76. The van der Waals surface area contributed by atoms with Crippen LogP contribution < -0.4 is 14.9 Å². The van der Waals surface area contributed by atoms with Crippen LogP contribution in [-0.4, -0.2) is 30.1 Å². The van der Waals surface area contributed by atoms with Crippen molar-refractivity contribution >= 4 is 39.7 Å². The maximum Gasteiger partial charge on any atom is 0.343 e. The molecule has 0 radical (unpaired) electrons. The number of rotatable bonds is 7. The van der Waals surface area contributed by atoms with Crippen LogP contribution in [0.2, 0.25) is 0 Å². The average Bonchev–Trinajstić information content (AvgIpc) is 2.80. The fourth-order valence-electron chi connectivity index (χ4n) is 2.62. The lowest BCUT2D eigenvalue weighted by Gasteiger charge is -2.07. The molecule has 0 aromatic heterocycles. The van der Waals surface area contributed by atoms with E-state index in [0.717, 1.165) is 10.5 Å². The maximum absolute atomic E-state index is 12.3. The van der Waals surface area contributed by atoms with Gasteiger partial charge < -0.3 is 9.47 Å². The summed E-state index contributed by atoms with van der Waals surface area (Å²) in [5.74, 6) is -0.496. The van der Waals surface area contributed by atoms with Crippen LogP contribution >= 0.6 is 15.9 Å². The number of nitro benzene ring substituents is 1.